The van der Waals surface area contributed by atoms with E-state index in [0.717, 1.165) is 0 Å². The number of aromatic hydroxyl groups is 1. The molecule has 6 heteroatoms. The van der Waals surface area contributed by atoms with Crippen LogP contribution in [0.2, 0.25) is 0 Å². The SMILES string of the molecule is Nc1ccc(O)c(CNC(=O)c2c(F)cccc2Br)c1. The minimum atomic E-state index is -0.617. The lowest BCUT2D eigenvalue weighted by Gasteiger charge is -2.09. The zero-order chi connectivity index (χ0) is 14.7. The molecule has 0 atom stereocenters. The smallest absolute Gasteiger partial charge is 0.255 e. The fraction of sp³-hybridized carbons (Fsp3) is 0.0714. The number of nitrogens with one attached hydrogen (secondary N) is 1. The molecular formula is C14H12BrFN2O2. The van der Waals surface area contributed by atoms with E-state index in [4.69, 9.17) is 5.73 Å². The lowest BCUT2D eigenvalue weighted by molar-refractivity contribution is 0.0946. The van der Waals surface area contributed by atoms with Crippen LogP contribution in [0.5, 0.6) is 5.75 Å². The molecule has 0 unspecified atom stereocenters. The molecule has 0 aliphatic heterocycles. The summed E-state index contributed by atoms with van der Waals surface area (Å²) in [6.07, 6.45) is 0. The molecule has 20 heavy (non-hydrogen) atoms. The van der Waals surface area contributed by atoms with Crippen LogP contribution in [-0.4, -0.2) is 11.0 Å². The molecule has 1 amide bonds. The first-order chi connectivity index (χ1) is 9.49. The Morgan fingerprint density at radius 3 is 2.80 bits per heavy atom. The number of nitrogen functional groups attached to an aromatic ring is 1. The molecule has 0 aliphatic carbocycles. The van der Waals surface area contributed by atoms with Crippen molar-refractivity contribution < 1.29 is 14.3 Å². The minimum Gasteiger partial charge on any atom is -0.508 e. The van der Waals surface area contributed by atoms with Gasteiger partial charge in [0.1, 0.15) is 11.6 Å². The molecule has 0 spiro atoms. The third kappa shape index (κ3) is 3.08. The lowest BCUT2D eigenvalue weighted by Crippen LogP contribution is -2.24. The third-order valence-corrected chi connectivity index (χ3v) is 3.39. The number of carbonyl (C=O) groups is 1. The van der Waals surface area contributed by atoms with Crippen molar-refractivity contribution >= 4 is 27.5 Å². The Kier molecular flexibility index (Phi) is 4.24. The van der Waals surface area contributed by atoms with Crippen molar-refractivity contribution in [2.75, 3.05) is 5.73 Å². The summed E-state index contributed by atoms with van der Waals surface area (Å²) >= 11 is 3.13. The van der Waals surface area contributed by atoms with Crippen molar-refractivity contribution in [3.8, 4) is 5.75 Å². The maximum atomic E-state index is 13.6. The van der Waals surface area contributed by atoms with E-state index in [1.807, 2.05) is 0 Å². The topological polar surface area (TPSA) is 75.3 Å². The van der Waals surface area contributed by atoms with E-state index in [1.165, 1.54) is 18.2 Å². The summed E-state index contributed by atoms with van der Waals surface area (Å²) in [5, 5.41) is 12.2. The molecule has 0 aliphatic rings. The Morgan fingerprint density at radius 1 is 1.35 bits per heavy atom. The van der Waals surface area contributed by atoms with Crippen LogP contribution < -0.4 is 11.1 Å². The maximum absolute atomic E-state index is 13.6. The van der Waals surface area contributed by atoms with Gasteiger partial charge in [0.2, 0.25) is 0 Å². The monoisotopic (exact) mass is 338 g/mol. The van der Waals surface area contributed by atoms with Gasteiger partial charge in [-0.3, -0.25) is 4.79 Å². The van der Waals surface area contributed by atoms with E-state index in [-0.39, 0.29) is 17.9 Å². The van der Waals surface area contributed by atoms with E-state index in [2.05, 4.69) is 21.2 Å². The Labute approximate surface area is 123 Å². The average Bonchev–Trinajstić information content (AvgIpc) is 2.39. The van der Waals surface area contributed by atoms with Gasteiger partial charge in [0.05, 0.1) is 5.56 Å². The molecule has 0 aromatic heterocycles. The predicted octanol–water partition coefficient (Wildman–Crippen LogP) is 2.81. The quantitative estimate of drug-likeness (QED) is 0.595. The van der Waals surface area contributed by atoms with Crippen molar-refractivity contribution in [2.45, 2.75) is 6.54 Å². The van der Waals surface area contributed by atoms with E-state index in [0.29, 0.717) is 15.7 Å². The van der Waals surface area contributed by atoms with Crippen LogP contribution in [-0.2, 0) is 6.54 Å². The number of carbonyl (C=O) groups excluding carboxylic acids is 1. The highest BCUT2D eigenvalue weighted by Crippen LogP contribution is 2.21. The van der Waals surface area contributed by atoms with Gasteiger partial charge in [-0.05, 0) is 46.3 Å². The number of phenols is 1. The number of nitrogens with two attached hydrogens (primary N) is 1. The maximum Gasteiger partial charge on any atom is 0.255 e. The van der Waals surface area contributed by atoms with E-state index >= 15 is 0 Å². The van der Waals surface area contributed by atoms with Gasteiger partial charge in [-0.2, -0.15) is 0 Å². The van der Waals surface area contributed by atoms with Gasteiger partial charge in [-0.25, -0.2) is 4.39 Å². The zero-order valence-corrected chi connectivity index (χ0v) is 11.9. The standard InChI is InChI=1S/C14H12BrFN2O2/c15-10-2-1-3-11(16)13(10)14(20)18-7-8-6-9(17)4-5-12(8)19/h1-6,19H,7,17H2,(H,18,20). The minimum absolute atomic E-state index is 0.0205. The van der Waals surface area contributed by atoms with Crippen molar-refractivity contribution in [1.82, 2.24) is 5.32 Å². The van der Waals surface area contributed by atoms with Crippen LogP contribution in [0, 0.1) is 5.82 Å². The van der Waals surface area contributed by atoms with E-state index < -0.39 is 11.7 Å². The van der Waals surface area contributed by atoms with Crippen molar-refractivity contribution in [1.29, 1.82) is 0 Å². The van der Waals surface area contributed by atoms with Crippen molar-refractivity contribution in [2.24, 2.45) is 0 Å². The summed E-state index contributed by atoms with van der Waals surface area (Å²) in [6, 6.07) is 8.82. The van der Waals surface area contributed by atoms with Crippen LogP contribution in [0.1, 0.15) is 15.9 Å². The van der Waals surface area contributed by atoms with Gasteiger partial charge in [-0.15, -0.1) is 0 Å². The Balaban J connectivity index is 2.15. The average molecular weight is 339 g/mol. The molecule has 0 bridgehead atoms. The van der Waals surface area contributed by atoms with Crippen LogP contribution in [0.15, 0.2) is 40.9 Å². The van der Waals surface area contributed by atoms with E-state index in [9.17, 15) is 14.3 Å². The molecule has 4 N–H and O–H groups in total. The molecule has 2 aromatic carbocycles. The largest absolute Gasteiger partial charge is 0.508 e. The van der Waals surface area contributed by atoms with Crippen LogP contribution in [0.3, 0.4) is 0 Å². The number of hydrogen-bond acceptors (Lipinski definition) is 3. The van der Waals surface area contributed by atoms with Gasteiger partial charge in [0.15, 0.2) is 0 Å². The summed E-state index contributed by atoms with van der Waals surface area (Å²) in [5.74, 6) is -1.17. The van der Waals surface area contributed by atoms with Crippen LogP contribution >= 0.6 is 15.9 Å². The molecule has 0 heterocycles. The molecule has 2 rings (SSSR count). The molecule has 0 radical (unpaired) electrons. The zero-order valence-electron chi connectivity index (χ0n) is 10.4. The predicted molar refractivity (Wildman–Crippen MR) is 77.8 cm³/mol. The second-order valence-corrected chi connectivity index (χ2v) is 5.02. The lowest BCUT2D eigenvalue weighted by atomic mass is 10.1. The second-order valence-electron chi connectivity index (χ2n) is 4.17. The summed E-state index contributed by atoms with van der Waals surface area (Å²) < 4.78 is 14.0. The van der Waals surface area contributed by atoms with Crippen LogP contribution in [0.4, 0.5) is 10.1 Å². The first-order valence-corrected chi connectivity index (χ1v) is 6.58. The molecule has 0 saturated carbocycles. The van der Waals surface area contributed by atoms with Crippen molar-refractivity contribution in [3.63, 3.8) is 0 Å². The summed E-state index contributed by atoms with van der Waals surface area (Å²) in [4.78, 5) is 12.0. The van der Waals surface area contributed by atoms with Gasteiger partial charge in [-0.1, -0.05) is 6.07 Å². The first-order valence-electron chi connectivity index (χ1n) is 5.78. The second kappa shape index (κ2) is 5.92. The Hall–Kier alpha value is -2.08. The number of hydrogen-bond donors (Lipinski definition) is 3. The number of halogens is 2. The van der Waals surface area contributed by atoms with Gasteiger partial charge in [0.25, 0.3) is 5.91 Å². The fourth-order valence-corrected chi connectivity index (χ4v) is 2.25. The highest BCUT2D eigenvalue weighted by atomic mass is 79.9. The van der Waals surface area contributed by atoms with Gasteiger partial charge < -0.3 is 16.2 Å². The molecular weight excluding hydrogens is 327 g/mol. The molecule has 4 nitrogen and oxygen atoms in total. The highest BCUT2D eigenvalue weighted by Gasteiger charge is 2.15. The number of phenolic OH excluding ortho intramolecular Hbond substituents is 1. The molecule has 0 fully saturated rings. The number of benzene rings is 2. The normalized spacial score (nSPS) is 10.3. The van der Waals surface area contributed by atoms with Crippen LogP contribution in [0.25, 0.3) is 0 Å². The third-order valence-electron chi connectivity index (χ3n) is 2.73. The highest BCUT2D eigenvalue weighted by molar-refractivity contribution is 9.10. The van der Waals surface area contributed by atoms with Gasteiger partial charge >= 0.3 is 0 Å². The molecule has 0 saturated heterocycles. The molecule has 2 aromatic rings. The number of anilines is 1. The number of rotatable bonds is 3. The summed E-state index contributed by atoms with van der Waals surface area (Å²) in [7, 11) is 0. The fourth-order valence-electron chi connectivity index (χ4n) is 1.73. The number of amides is 1. The molecule has 104 valence electrons. The summed E-state index contributed by atoms with van der Waals surface area (Å²) in [6.45, 7) is 0.0521. The summed E-state index contributed by atoms with van der Waals surface area (Å²) in [5.41, 5.74) is 6.46. The van der Waals surface area contributed by atoms with Gasteiger partial charge in [0, 0.05) is 22.3 Å². The Bertz CT molecular complexity index is 641. The van der Waals surface area contributed by atoms with Crippen molar-refractivity contribution in [3.05, 3.63) is 57.8 Å². The van der Waals surface area contributed by atoms with E-state index in [1.54, 1.807) is 18.2 Å². The Morgan fingerprint density at radius 2 is 2.10 bits per heavy atom. The first kappa shape index (κ1) is 14.3.